The van der Waals surface area contributed by atoms with Crippen molar-refractivity contribution < 1.29 is 32.3 Å². The van der Waals surface area contributed by atoms with E-state index < -0.39 is 17.9 Å². The summed E-state index contributed by atoms with van der Waals surface area (Å²) in [5.74, 6) is -2.60. The Hall–Kier alpha value is -4.09. The van der Waals surface area contributed by atoms with E-state index in [0.717, 1.165) is 12.8 Å². The molecule has 0 bridgehead atoms. The predicted molar refractivity (Wildman–Crippen MR) is 127 cm³/mol. The highest BCUT2D eigenvalue weighted by Gasteiger charge is 2.38. The number of anilines is 1. The van der Waals surface area contributed by atoms with Crippen molar-refractivity contribution in [1.82, 2.24) is 10.2 Å². The number of methoxy groups -OCH3 is 1. The van der Waals surface area contributed by atoms with E-state index in [0.29, 0.717) is 30.0 Å². The fraction of sp³-hybridized carbons (Fsp3) is 0.333. The second kappa shape index (κ2) is 11.6. The number of ether oxygens (including phenoxy) is 1. The summed E-state index contributed by atoms with van der Waals surface area (Å²) >= 11 is 0. The molecule has 2 aromatic carbocycles. The zero-order valence-electron chi connectivity index (χ0n) is 19.5. The van der Waals surface area contributed by atoms with Gasteiger partial charge in [-0.1, -0.05) is 6.07 Å². The van der Waals surface area contributed by atoms with Gasteiger partial charge in [0.1, 0.15) is 11.6 Å². The molecule has 1 fully saturated rings. The van der Waals surface area contributed by atoms with E-state index in [-0.39, 0.29) is 30.1 Å². The number of alkyl halides is 3. The van der Waals surface area contributed by atoms with Crippen molar-refractivity contribution in [3.63, 3.8) is 0 Å². The Bertz CT molecular complexity index is 1140. The molecule has 36 heavy (non-hydrogen) atoms. The van der Waals surface area contributed by atoms with Crippen molar-refractivity contribution >= 4 is 29.4 Å². The third-order valence-electron chi connectivity index (χ3n) is 5.61. The minimum absolute atomic E-state index is 0.0988. The van der Waals surface area contributed by atoms with E-state index in [1.54, 1.807) is 29.2 Å². The number of rotatable bonds is 6. The molecule has 1 atom stereocenters. The first-order valence-electron chi connectivity index (χ1n) is 11.1. The fourth-order valence-corrected chi connectivity index (χ4v) is 3.71. The molecular weight excluding hydrogens is 479 g/mol. The zero-order chi connectivity index (χ0) is 26.3. The van der Waals surface area contributed by atoms with Crippen LogP contribution in [0.4, 0.5) is 23.7 Å². The van der Waals surface area contributed by atoms with Gasteiger partial charge in [0.15, 0.2) is 0 Å². The summed E-state index contributed by atoms with van der Waals surface area (Å²) in [6, 6.07) is 11.7. The number of nitrogens with two attached hydrogens (primary N) is 1. The van der Waals surface area contributed by atoms with Gasteiger partial charge in [0.25, 0.3) is 5.91 Å². The van der Waals surface area contributed by atoms with Crippen molar-refractivity contribution in [2.45, 2.75) is 31.5 Å². The lowest BCUT2D eigenvalue weighted by molar-refractivity contribution is -0.169. The molecule has 4 amide bonds. The van der Waals surface area contributed by atoms with Crippen LogP contribution in [0.15, 0.2) is 53.5 Å². The second-order valence-corrected chi connectivity index (χ2v) is 8.09. The molecule has 192 valence electrons. The minimum atomic E-state index is -5.11. The number of likely N-dealkylation sites (tertiary alicyclic amines) is 1. The fourth-order valence-electron chi connectivity index (χ4n) is 3.71. The zero-order valence-corrected chi connectivity index (χ0v) is 19.5. The second-order valence-electron chi connectivity index (χ2n) is 8.09. The van der Waals surface area contributed by atoms with Crippen molar-refractivity contribution in [3.8, 4) is 5.75 Å². The number of nitrogens with one attached hydrogen (secondary N) is 2. The van der Waals surface area contributed by atoms with Gasteiger partial charge in [-0.3, -0.25) is 9.59 Å². The molecule has 12 heteroatoms. The van der Waals surface area contributed by atoms with Crippen molar-refractivity contribution in [1.29, 1.82) is 0 Å². The van der Waals surface area contributed by atoms with Gasteiger partial charge in [0.05, 0.1) is 13.2 Å². The number of amidine groups is 1. The number of carbonyl (C=O) groups is 3. The van der Waals surface area contributed by atoms with Gasteiger partial charge >= 0.3 is 18.1 Å². The quantitative estimate of drug-likeness (QED) is 0.410. The number of hydrogen-bond donors (Lipinski definition) is 3. The normalized spacial score (nSPS) is 16.3. The van der Waals surface area contributed by atoms with Crippen LogP contribution in [0.1, 0.15) is 35.2 Å². The Morgan fingerprint density at radius 3 is 2.50 bits per heavy atom. The maximum absolute atomic E-state index is 12.9. The number of carbonyl (C=O) groups excluding carboxylic acids is 3. The molecule has 9 nitrogen and oxygen atoms in total. The number of aliphatic imine (C=N–C) groups is 1. The lowest BCUT2D eigenvalue weighted by Crippen LogP contribution is -2.50. The number of amides is 4. The van der Waals surface area contributed by atoms with E-state index in [1.807, 2.05) is 0 Å². The SMILES string of the molecule is COc1cccc(C(=O)NCC2CCCCN2C(=O)Nc2ccc(C(N)=NC(=O)C(F)(F)F)cc2)c1. The van der Waals surface area contributed by atoms with Crippen LogP contribution in [0.3, 0.4) is 0 Å². The number of benzene rings is 2. The molecule has 4 N–H and O–H groups in total. The molecule has 0 radical (unpaired) electrons. The van der Waals surface area contributed by atoms with Gasteiger partial charge in [0.2, 0.25) is 0 Å². The molecule has 3 rings (SSSR count). The maximum Gasteiger partial charge on any atom is 0.473 e. The number of piperidine rings is 1. The number of nitrogens with zero attached hydrogens (tertiary/aromatic N) is 2. The molecule has 1 unspecified atom stereocenters. The van der Waals surface area contributed by atoms with Crippen LogP contribution < -0.4 is 21.1 Å². The Morgan fingerprint density at radius 1 is 1.11 bits per heavy atom. The summed E-state index contributed by atoms with van der Waals surface area (Å²) in [4.78, 5) is 40.9. The average Bonchev–Trinajstić information content (AvgIpc) is 2.87. The summed E-state index contributed by atoms with van der Waals surface area (Å²) in [5, 5.41) is 5.60. The van der Waals surface area contributed by atoms with Crippen LogP contribution in [-0.4, -0.2) is 61.0 Å². The molecule has 0 spiro atoms. The van der Waals surface area contributed by atoms with Gasteiger partial charge in [-0.05, 0) is 61.7 Å². The molecule has 1 heterocycles. The first kappa shape index (κ1) is 26.5. The van der Waals surface area contributed by atoms with Gasteiger partial charge in [-0.25, -0.2) is 4.79 Å². The smallest absolute Gasteiger partial charge is 0.473 e. The van der Waals surface area contributed by atoms with Gasteiger partial charge in [-0.15, -0.1) is 0 Å². The molecule has 0 aliphatic carbocycles. The number of urea groups is 1. The molecule has 2 aromatic rings. The monoisotopic (exact) mass is 505 g/mol. The molecule has 1 aliphatic rings. The Balaban J connectivity index is 1.60. The van der Waals surface area contributed by atoms with Crippen LogP contribution in [0, 0.1) is 0 Å². The maximum atomic E-state index is 12.9. The largest absolute Gasteiger partial charge is 0.497 e. The van der Waals surface area contributed by atoms with Gasteiger partial charge in [-0.2, -0.15) is 18.2 Å². The van der Waals surface area contributed by atoms with Crippen LogP contribution >= 0.6 is 0 Å². The molecule has 1 saturated heterocycles. The lowest BCUT2D eigenvalue weighted by atomic mass is 10.0. The minimum Gasteiger partial charge on any atom is -0.497 e. The summed E-state index contributed by atoms with van der Waals surface area (Å²) < 4.78 is 42.2. The third kappa shape index (κ3) is 6.96. The Labute approximate surface area is 205 Å². The molecule has 1 aliphatic heterocycles. The Morgan fingerprint density at radius 2 is 1.83 bits per heavy atom. The number of hydrogen-bond acceptors (Lipinski definition) is 4. The lowest BCUT2D eigenvalue weighted by Gasteiger charge is -2.35. The van der Waals surface area contributed by atoms with E-state index >= 15 is 0 Å². The highest BCUT2D eigenvalue weighted by atomic mass is 19.4. The summed E-state index contributed by atoms with van der Waals surface area (Å²) in [5.41, 5.74) is 6.41. The first-order chi connectivity index (χ1) is 17.1. The molecule has 0 aromatic heterocycles. The summed E-state index contributed by atoms with van der Waals surface area (Å²) in [6.07, 6.45) is -2.68. The summed E-state index contributed by atoms with van der Waals surface area (Å²) in [7, 11) is 1.51. The van der Waals surface area contributed by atoms with Crippen LogP contribution in [0.2, 0.25) is 0 Å². The van der Waals surface area contributed by atoms with Crippen LogP contribution in [0.25, 0.3) is 0 Å². The van der Waals surface area contributed by atoms with Crippen molar-refractivity contribution in [2.24, 2.45) is 10.7 Å². The van der Waals surface area contributed by atoms with Crippen molar-refractivity contribution in [3.05, 3.63) is 59.7 Å². The average molecular weight is 505 g/mol. The Kier molecular flexibility index (Phi) is 8.51. The molecular formula is C24H26F3N5O4. The van der Waals surface area contributed by atoms with E-state index in [4.69, 9.17) is 10.5 Å². The summed E-state index contributed by atoms with van der Waals surface area (Å²) in [6.45, 7) is 0.769. The number of halogens is 3. The first-order valence-corrected chi connectivity index (χ1v) is 11.1. The topological polar surface area (TPSA) is 126 Å². The van der Waals surface area contributed by atoms with E-state index in [1.165, 1.54) is 31.4 Å². The highest BCUT2D eigenvalue weighted by molar-refractivity contribution is 6.05. The molecule has 0 saturated carbocycles. The van der Waals surface area contributed by atoms with Gasteiger partial charge < -0.3 is 26.0 Å². The predicted octanol–water partition coefficient (Wildman–Crippen LogP) is 3.31. The van der Waals surface area contributed by atoms with Gasteiger partial charge in [0, 0.05) is 29.9 Å². The highest BCUT2D eigenvalue weighted by Crippen LogP contribution is 2.20. The van der Waals surface area contributed by atoms with Crippen molar-refractivity contribution in [2.75, 3.05) is 25.5 Å². The van der Waals surface area contributed by atoms with E-state index in [9.17, 15) is 27.6 Å². The third-order valence-corrected chi connectivity index (χ3v) is 5.61. The standard InChI is InChI=1S/C24H26F3N5O4/c1-36-19-7-4-5-16(13-19)21(33)29-14-18-6-2-3-12-32(18)23(35)30-17-10-8-15(9-11-17)20(28)31-22(34)24(25,26)27/h4-5,7-11,13,18H,2-3,6,12,14H2,1H3,(H,29,33)(H,30,35)(H2,28,31,34). The van der Waals surface area contributed by atoms with Crippen LogP contribution in [-0.2, 0) is 4.79 Å². The van der Waals surface area contributed by atoms with Crippen LogP contribution in [0.5, 0.6) is 5.75 Å². The van der Waals surface area contributed by atoms with E-state index in [2.05, 4.69) is 15.6 Å².